The smallest absolute Gasteiger partial charge is 0.198 e. The number of carbonyl (C=O) groups is 2. The number of carbonyl (C=O) groups excluding carboxylic acids is 2. The summed E-state index contributed by atoms with van der Waals surface area (Å²) in [4.78, 5) is 25.8. The van der Waals surface area contributed by atoms with Gasteiger partial charge in [0.2, 0.25) is 0 Å². The summed E-state index contributed by atoms with van der Waals surface area (Å²) in [6.07, 6.45) is 0. The maximum Gasteiger partial charge on any atom is 0.198 e. The molecule has 0 bridgehead atoms. The first kappa shape index (κ1) is 14.3. The molecule has 0 unspecified atom stereocenters. The molecule has 1 aliphatic rings. The molecule has 22 heavy (non-hydrogen) atoms. The Morgan fingerprint density at radius 3 is 1.91 bits per heavy atom. The summed E-state index contributed by atoms with van der Waals surface area (Å²) in [6.45, 7) is 3.68. The highest BCUT2D eigenvalue weighted by Crippen LogP contribution is 2.38. The van der Waals surface area contributed by atoms with E-state index in [1.54, 1.807) is 12.1 Å². The second-order valence-corrected chi connectivity index (χ2v) is 5.36. The van der Waals surface area contributed by atoms with Gasteiger partial charge in [0.05, 0.1) is 19.8 Å². The normalized spacial score (nSPS) is 12.7. The van der Waals surface area contributed by atoms with Crippen molar-refractivity contribution in [2.45, 2.75) is 13.8 Å². The van der Waals surface area contributed by atoms with E-state index in [9.17, 15) is 9.59 Å². The number of hydrogen-bond donors (Lipinski definition) is 0. The van der Waals surface area contributed by atoms with Crippen molar-refractivity contribution in [3.8, 4) is 11.5 Å². The van der Waals surface area contributed by atoms with Gasteiger partial charge in [-0.1, -0.05) is 12.1 Å². The molecule has 0 saturated carbocycles. The Morgan fingerprint density at radius 1 is 0.773 bits per heavy atom. The molecule has 0 amide bonds. The van der Waals surface area contributed by atoms with E-state index in [2.05, 4.69) is 0 Å². The first-order chi connectivity index (χ1) is 10.5. The summed E-state index contributed by atoms with van der Waals surface area (Å²) in [6, 6.07) is 6.95. The van der Waals surface area contributed by atoms with Crippen LogP contribution in [0.4, 0.5) is 0 Å². The number of benzene rings is 2. The predicted octanol–water partition coefficient (Wildman–Crippen LogP) is 3.10. The summed E-state index contributed by atoms with van der Waals surface area (Å²) in [5, 5.41) is 0. The van der Waals surface area contributed by atoms with E-state index in [1.807, 2.05) is 26.0 Å². The zero-order valence-electron chi connectivity index (χ0n) is 12.9. The zero-order valence-corrected chi connectivity index (χ0v) is 12.9. The number of aryl methyl sites for hydroxylation is 2. The Bertz CT molecular complexity index is 818. The van der Waals surface area contributed by atoms with E-state index in [-0.39, 0.29) is 11.6 Å². The third-order valence-electron chi connectivity index (χ3n) is 4.08. The molecule has 2 aromatic carbocycles. The fourth-order valence-corrected chi connectivity index (χ4v) is 2.94. The summed E-state index contributed by atoms with van der Waals surface area (Å²) < 4.78 is 10.5. The molecule has 0 heterocycles. The van der Waals surface area contributed by atoms with Crippen LogP contribution in [0, 0.1) is 13.8 Å². The number of methoxy groups -OCH3 is 2. The van der Waals surface area contributed by atoms with Crippen LogP contribution in [-0.4, -0.2) is 25.8 Å². The second kappa shape index (κ2) is 4.98. The summed E-state index contributed by atoms with van der Waals surface area (Å²) in [5.74, 6) is 0.512. The third kappa shape index (κ3) is 1.84. The largest absolute Gasteiger partial charge is 0.497 e. The summed E-state index contributed by atoms with van der Waals surface area (Å²) in [7, 11) is 2.99. The van der Waals surface area contributed by atoms with E-state index < -0.39 is 0 Å². The van der Waals surface area contributed by atoms with Crippen molar-refractivity contribution in [2.75, 3.05) is 14.2 Å². The van der Waals surface area contributed by atoms with E-state index in [4.69, 9.17) is 9.47 Å². The van der Waals surface area contributed by atoms with E-state index in [0.29, 0.717) is 33.8 Å². The van der Waals surface area contributed by atoms with Gasteiger partial charge in [-0.15, -0.1) is 0 Å². The van der Waals surface area contributed by atoms with Crippen molar-refractivity contribution < 1.29 is 19.1 Å². The van der Waals surface area contributed by atoms with Gasteiger partial charge in [-0.25, -0.2) is 0 Å². The first-order valence-corrected chi connectivity index (χ1v) is 6.95. The van der Waals surface area contributed by atoms with Crippen LogP contribution >= 0.6 is 0 Å². The van der Waals surface area contributed by atoms with Crippen molar-refractivity contribution in [3.63, 3.8) is 0 Å². The quantitative estimate of drug-likeness (QED) is 0.729. The van der Waals surface area contributed by atoms with Gasteiger partial charge in [-0.2, -0.15) is 0 Å². The molecule has 4 nitrogen and oxygen atoms in total. The Morgan fingerprint density at radius 2 is 1.36 bits per heavy atom. The van der Waals surface area contributed by atoms with E-state index >= 15 is 0 Å². The minimum atomic E-state index is -0.176. The Labute approximate surface area is 128 Å². The number of ether oxygens (including phenoxy) is 2. The molecule has 0 aliphatic heterocycles. The van der Waals surface area contributed by atoms with Crippen LogP contribution in [0.5, 0.6) is 11.5 Å². The average Bonchev–Trinajstić information content (AvgIpc) is 2.53. The number of hydrogen-bond acceptors (Lipinski definition) is 4. The van der Waals surface area contributed by atoms with Gasteiger partial charge in [0.1, 0.15) is 11.5 Å². The number of fused-ring (bicyclic) bond motifs is 2. The fraction of sp³-hybridized carbons (Fsp3) is 0.222. The second-order valence-electron chi connectivity index (χ2n) is 5.36. The van der Waals surface area contributed by atoms with Crippen LogP contribution in [0.1, 0.15) is 43.0 Å². The molecule has 0 fully saturated rings. The molecular weight excluding hydrogens is 280 g/mol. The van der Waals surface area contributed by atoms with Crippen molar-refractivity contribution in [1.82, 2.24) is 0 Å². The van der Waals surface area contributed by atoms with Crippen LogP contribution in [0.25, 0.3) is 0 Å². The minimum absolute atomic E-state index is 0.164. The molecule has 0 aromatic heterocycles. The Kier molecular flexibility index (Phi) is 3.24. The lowest BCUT2D eigenvalue weighted by atomic mass is 9.79. The standard InChI is InChI=1S/C18H16O4/c1-9-5-6-10(2)15-14(9)17(19)12-7-11(21-3)8-13(22-4)16(12)18(15)20/h5-8H,1-4H3. The SMILES string of the molecule is COc1cc(OC)c2c(c1)C(=O)c1c(C)ccc(C)c1C2=O. The average molecular weight is 296 g/mol. The number of ketones is 2. The maximum atomic E-state index is 12.9. The Balaban J connectivity index is 2.38. The topological polar surface area (TPSA) is 52.6 Å². The lowest BCUT2D eigenvalue weighted by molar-refractivity contribution is 0.0975. The monoisotopic (exact) mass is 296 g/mol. The van der Waals surface area contributed by atoms with E-state index in [1.165, 1.54) is 14.2 Å². The van der Waals surface area contributed by atoms with Crippen LogP contribution in [0.15, 0.2) is 24.3 Å². The minimum Gasteiger partial charge on any atom is -0.497 e. The molecule has 0 atom stereocenters. The molecule has 0 N–H and O–H groups in total. The highest BCUT2D eigenvalue weighted by Gasteiger charge is 2.35. The van der Waals surface area contributed by atoms with Crippen LogP contribution in [0.3, 0.4) is 0 Å². The molecule has 1 aliphatic carbocycles. The van der Waals surface area contributed by atoms with Crippen molar-refractivity contribution in [3.05, 3.63) is 57.6 Å². The summed E-state index contributed by atoms with van der Waals surface area (Å²) in [5.41, 5.74) is 3.19. The van der Waals surface area contributed by atoms with Crippen LogP contribution < -0.4 is 9.47 Å². The van der Waals surface area contributed by atoms with Gasteiger partial charge in [0, 0.05) is 22.8 Å². The Hall–Kier alpha value is -2.62. The molecule has 0 spiro atoms. The van der Waals surface area contributed by atoms with Gasteiger partial charge >= 0.3 is 0 Å². The van der Waals surface area contributed by atoms with Crippen LogP contribution in [-0.2, 0) is 0 Å². The molecule has 4 heteroatoms. The lowest BCUT2D eigenvalue weighted by Crippen LogP contribution is -2.24. The van der Waals surface area contributed by atoms with Crippen molar-refractivity contribution in [1.29, 1.82) is 0 Å². The van der Waals surface area contributed by atoms with Crippen LogP contribution in [0.2, 0.25) is 0 Å². The molecule has 0 radical (unpaired) electrons. The van der Waals surface area contributed by atoms with Gasteiger partial charge < -0.3 is 9.47 Å². The first-order valence-electron chi connectivity index (χ1n) is 6.95. The van der Waals surface area contributed by atoms with Gasteiger partial charge in [0.25, 0.3) is 0 Å². The van der Waals surface area contributed by atoms with E-state index in [0.717, 1.165) is 11.1 Å². The van der Waals surface area contributed by atoms with Gasteiger partial charge in [-0.3, -0.25) is 9.59 Å². The molecule has 2 aromatic rings. The molecule has 112 valence electrons. The number of rotatable bonds is 2. The molecule has 3 rings (SSSR count). The highest BCUT2D eigenvalue weighted by atomic mass is 16.5. The summed E-state index contributed by atoms with van der Waals surface area (Å²) >= 11 is 0. The van der Waals surface area contributed by atoms with Crippen molar-refractivity contribution >= 4 is 11.6 Å². The predicted molar refractivity (Wildman–Crippen MR) is 82.3 cm³/mol. The lowest BCUT2D eigenvalue weighted by Gasteiger charge is -2.23. The highest BCUT2D eigenvalue weighted by molar-refractivity contribution is 6.30. The van der Waals surface area contributed by atoms with Gasteiger partial charge in [0.15, 0.2) is 11.6 Å². The maximum absolute atomic E-state index is 12.9. The zero-order chi connectivity index (χ0) is 16.0. The molecular formula is C18H16O4. The van der Waals surface area contributed by atoms with Crippen molar-refractivity contribution in [2.24, 2.45) is 0 Å². The fourth-order valence-electron chi connectivity index (χ4n) is 2.94. The third-order valence-corrected chi connectivity index (χ3v) is 4.08. The molecule has 0 saturated heterocycles. The van der Waals surface area contributed by atoms with Gasteiger partial charge in [-0.05, 0) is 31.0 Å².